The van der Waals surface area contributed by atoms with E-state index in [0.717, 1.165) is 11.3 Å². The first kappa shape index (κ1) is 26.0. The molecule has 0 aliphatic carbocycles. The number of anilines is 1. The second-order valence-electron chi connectivity index (χ2n) is 7.67. The molecule has 0 aliphatic heterocycles. The number of nitrogens with one attached hydrogen (secondary N) is 1. The summed E-state index contributed by atoms with van der Waals surface area (Å²) in [6.45, 7) is 1.64. The number of amides is 1. The number of methoxy groups -OCH3 is 1. The van der Waals surface area contributed by atoms with Gasteiger partial charge in [0.05, 0.1) is 28.8 Å². The highest BCUT2D eigenvalue weighted by Crippen LogP contribution is 2.21. The van der Waals surface area contributed by atoms with Gasteiger partial charge in [-0.2, -0.15) is 4.99 Å². The van der Waals surface area contributed by atoms with Crippen molar-refractivity contribution in [2.45, 2.75) is 18.4 Å². The van der Waals surface area contributed by atoms with Crippen molar-refractivity contribution in [1.29, 1.82) is 0 Å². The number of nitrogens with zero attached hydrogens (tertiary/aromatic N) is 2. The Morgan fingerprint density at radius 1 is 1.08 bits per heavy atom. The van der Waals surface area contributed by atoms with Crippen LogP contribution in [-0.4, -0.2) is 38.6 Å². The molecular weight excluding hydrogens is 521 g/mol. The summed E-state index contributed by atoms with van der Waals surface area (Å²) in [6.07, 6.45) is 0. The Hall–Kier alpha value is -4.03. The second kappa shape index (κ2) is 10.9. The number of halogens is 1. The van der Waals surface area contributed by atoms with Crippen LogP contribution in [-0.2, 0) is 26.1 Å². The van der Waals surface area contributed by atoms with Gasteiger partial charge in [0.15, 0.2) is 4.80 Å². The van der Waals surface area contributed by atoms with E-state index in [4.69, 9.17) is 9.47 Å². The minimum absolute atomic E-state index is 0.0206. The number of rotatable bonds is 8. The summed E-state index contributed by atoms with van der Waals surface area (Å²) in [6, 6.07) is 15.7. The van der Waals surface area contributed by atoms with Crippen LogP contribution in [0.3, 0.4) is 0 Å². The highest BCUT2D eigenvalue weighted by atomic mass is 32.2. The summed E-state index contributed by atoms with van der Waals surface area (Å²) in [5.41, 5.74) is 0.794. The van der Waals surface area contributed by atoms with Crippen LogP contribution in [0.25, 0.3) is 10.2 Å². The monoisotopic (exact) mass is 543 g/mol. The van der Waals surface area contributed by atoms with Gasteiger partial charge in [-0.05, 0) is 67.6 Å². The van der Waals surface area contributed by atoms with Crippen molar-refractivity contribution in [3.05, 3.63) is 82.9 Å². The van der Waals surface area contributed by atoms with Crippen molar-refractivity contribution in [2.75, 3.05) is 18.4 Å². The average Bonchev–Trinajstić information content (AvgIpc) is 3.19. The molecule has 0 saturated heterocycles. The van der Waals surface area contributed by atoms with E-state index in [0.29, 0.717) is 16.0 Å². The number of hydrogen-bond donors (Lipinski definition) is 1. The minimum Gasteiger partial charge on any atom is -0.497 e. The number of esters is 1. The molecule has 4 rings (SSSR count). The third-order valence-electron chi connectivity index (χ3n) is 5.17. The highest BCUT2D eigenvalue weighted by molar-refractivity contribution is 7.92. The summed E-state index contributed by atoms with van der Waals surface area (Å²) in [5, 5.41) is 0. The molecule has 1 amide bonds. The zero-order chi connectivity index (χ0) is 26.6. The van der Waals surface area contributed by atoms with E-state index in [-0.39, 0.29) is 34.1 Å². The van der Waals surface area contributed by atoms with Crippen LogP contribution < -0.4 is 14.3 Å². The van der Waals surface area contributed by atoms with Crippen LogP contribution in [0.1, 0.15) is 17.3 Å². The molecule has 1 aromatic heterocycles. The summed E-state index contributed by atoms with van der Waals surface area (Å²) >= 11 is 1.04. The molecule has 3 aromatic carbocycles. The SMILES string of the molecule is CCOC(=O)Cn1c(=NC(=O)c2cccc(NS(=O)(=O)c3ccc(OC)cc3)c2)sc2cc(F)ccc21. The quantitative estimate of drug-likeness (QED) is 0.337. The van der Waals surface area contributed by atoms with Crippen molar-refractivity contribution >= 4 is 49.1 Å². The molecule has 1 heterocycles. The molecule has 0 saturated carbocycles. The molecule has 0 aliphatic rings. The maximum Gasteiger partial charge on any atom is 0.326 e. The van der Waals surface area contributed by atoms with Gasteiger partial charge in [0.1, 0.15) is 18.1 Å². The molecule has 192 valence electrons. The molecule has 4 aromatic rings. The molecule has 12 heteroatoms. The topological polar surface area (TPSA) is 116 Å². The minimum atomic E-state index is -3.92. The van der Waals surface area contributed by atoms with Gasteiger partial charge >= 0.3 is 5.97 Å². The van der Waals surface area contributed by atoms with E-state index in [2.05, 4.69) is 9.71 Å². The van der Waals surface area contributed by atoms with Gasteiger partial charge in [-0.25, -0.2) is 12.8 Å². The van der Waals surface area contributed by atoms with E-state index in [1.54, 1.807) is 6.92 Å². The number of ether oxygens (including phenoxy) is 2. The van der Waals surface area contributed by atoms with Gasteiger partial charge < -0.3 is 14.0 Å². The van der Waals surface area contributed by atoms with Gasteiger partial charge in [-0.1, -0.05) is 17.4 Å². The van der Waals surface area contributed by atoms with E-state index < -0.39 is 27.7 Å². The van der Waals surface area contributed by atoms with Crippen LogP contribution in [0.15, 0.2) is 76.6 Å². The number of carbonyl (C=O) groups is 2. The van der Waals surface area contributed by atoms with Crippen molar-refractivity contribution in [3.63, 3.8) is 0 Å². The molecule has 0 bridgehead atoms. The first-order valence-electron chi connectivity index (χ1n) is 11.0. The summed E-state index contributed by atoms with van der Waals surface area (Å²) in [4.78, 5) is 29.5. The van der Waals surface area contributed by atoms with Crippen molar-refractivity contribution in [1.82, 2.24) is 4.57 Å². The maximum absolute atomic E-state index is 13.8. The third kappa shape index (κ3) is 6.04. The van der Waals surface area contributed by atoms with Gasteiger partial charge in [0.25, 0.3) is 15.9 Å². The number of sulfonamides is 1. The van der Waals surface area contributed by atoms with Gasteiger partial charge in [0.2, 0.25) is 0 Å². The molecule has 0 radical (unpaired) electrons. The number of benzene rings is 3. The maximum atomic E-state index is 13.8. The largest absolute Gasteiger partial charge is 0.497 e. The van der Waals surface area contributed by atoms with Gasteiger partial charge in [0, 0.05) is 11.3 Å². The lowest BCUT2D eigenvalue weighted by Crippen LogP contribution is -2.23. The van der Waals surface area contributed by atoms with E-state index in [1.807, 2.05) is 0 Å². The molecule has 0 fully saturated rings. The molecular formula is C25H22FN3O6S2. The van der Waals surface area contributed by atoms with Gasteiger partial charge in [-0.15, -0.1) is 0 Å². The third-order valence-corrected chi connectivity index (χ3v) is 7.60. The zero-order valence-corrected chi connectivity index (χ0v) is 21.4. The Morgan fingerprint density at radius 3 is 2.54 bits per heavy atom. The predicted octanol–water partition coefficient (Wildman–Crippen LogP) is 3.96. The fourth-order valence-electron chi connectivity index (χ4n) is 3.46. The lowest BCUT2D eigenvalue weighted by atomic mass is 10.2. The summed E-state index contributed by atoms with van der Waals surface area (Å²) < 4.78 is 53.8. The number of aromatic nitrogens is 1. The fourth-order valence-corrected chi connectivity index (χ4v) is 5.56. The first-order valence-corrected chi connectivity index (χ1v) is 13.3. The van der Waals surface area contributed by atoms with Crippen molar-refractivity contribution in [2.24, 2.45) is 4.99 Å². The first-order chi connectivity index (χ1) is 17.7. The summed E-state index contributed by atoms with van der Waals surface area (Å²) in [7, 11) is -2.45. The molecule has 0 spiro atoms. The number of carbonyl (C=O) groups excluding carboxylic acids is 2. The molecule has 37 heavy (non-hydrogen) atoms. The van der Waals surface area contributed by atoms with Crippen LogP contribution in [0, 0.1) is 5.82 Å². The van der Waals surface area contributed by atoms with Gasteiger partial charge in [-0.3, -0.25) is 14.3 Å². The smallest absolute Gasteiger partial charge is 0.326 e. The van der Waals surface area contributed by atoms with Crippen LogP contribution in [0.2, 0.25) is 0 Å². The van der Waals surface area contributed by atoms with Crippen LogP contribution in [0.4, 0.5) is 10.1 Å². The normalized spacial score (nSPS) is 11.9. The second-order valence-corrected chi connectivity index (χ2v) is 10.4. The molecule has 9 nitrogen and oxygen atoms in total. The number of hydrogen-bond acceptors (Lipinski definition) is 7. The molecule has 0 unspecified atom stereocenters. The number of thiazole rings is 1. The lowest BCUT2D eigenvalue weighted by molar-refractivity contribution is -0.143. The Kier molecular flexibility index (Phi) is 7.69. The Morgan fingerprint density at radius 2 is 1.84 bits per heavy atom. The molecule has 1 N–H and O–H groups in total. The Bertz CT molecular complexity index is 1640. The predicted molar refractivity (Wildman–Crippen MR) is 137 cm³/mol. The van der Waals surface area contributed by atoms with E-state index >= 15 is 0 Å². The highest BCUT2D eigenvalue weighted by Gasteiger charge is 2.17. The standard InChI is InChI=1S/C25H22FN3O6S2/c1-3-35-23(30)15-29-21-12-7-17(26)14-22(21)36-25(29)27-24(31)16-5-4-6-18(13-16)28-37(32,33)20-10-8-19(34-2)9-11-20/h4-14,28H,3,15H2,1-2H3. The average molecular weight is 544 g/mol. The fraction of sp³-hybridized carbons (Fsp3) is 0.160. The van der Waals surface area contributed by atoms with Crippen LogP contribution >= 0.6 is 11.3 Å². The number of fused-ring (bicyclic) bond motifs is 1. The summed E-state index contributed by atoms with van der Waals surface area (Å²) in [5.74, 6) is -1.16. The Balaban J connectivity index is 1.66. The van der Waals surface area contributed by atoms with Crippen molar-refractivity contribution < 1.29 is 31.9 Å². The molecule has 0 atom stereocenters. The zero-order valence-electron chi connectivity index (χ0n) is 19.8. The van der Waals surface area contributed by atoms with E-state index in [9.17, 15) is 22.4 Å². The van der Waals surface area contributed by atoms with Crippen LogP contribution in [0.5, 0.6) is 5.75 Å². The Labute approximate surface area is 215 Å². The van der Waals surface area contributed by atoms with Crippen molar-refractivity contribution in [3.8, 4) is 5.75 Å². The van der Waals surface area contributed by atoms with E-state index in [1.165, 1.54) is 78.4 Å². The lowest BCUT2D eigenvalue weighted by Gasteiger charge is -2.09.